The molecule has 15 heavy (non-hydrogen) atoms. The second-order valence-corrected chi connectivity index (χ2v) is 5.76. The number of nitrogens with two attached hydrogens (primary N) is 1. The molecular weight excluding hydrogens is 254 g/mol. The lowest BCUT2D eigenvalue weighted by molar-refractivity contribution is 0.468. The van der Waals surface area contributed by atoms with Crippen LogP contribution >= 0.6 is 15.9 Å². The van der Waals surface area contributed by atoms with E-state index in [1.54, 1.807) is 6.07 Å². The van der Waals surface area contributed by atoms with Gasteiger partial charge < -0.3 is 10.8 Å². The van der Waals surface area contributed by atoms with Crippen LogP contribution in [0.15, 0.2) is 22.7 Å². The summed E-state index contributed by atoms with van der Waals surface area (Å²) in [6.45, 7) is 0. The smallest absolute Gasteiger partial charge is 0.129 e. The second-order valence-electron chi connectivity index (χ2n) is 4.90. The van der Waals surface area contributed by atoms with Gasteiger partial charge in [-0.25, -0.2) is 0 Å². The van der Waals surface area contributed by atoms with Crippen LogP contribution in [0.4, 0.5) is 0 Å². The van der Waals surface area contributed by atoms with Gasteiger partial charge >= 0.3 is 0 Å². The average molecular weight is 268 g/mol. The van der Waals surface area contributed by atoms with E-state index in [9.17, 15) is 5.11 Å². The van der Waals surface area contributed by atoms with E-state index < -0.39 is 0 Å². The molecule has 1 aromatic carbocycles. The Morgan fingerprint density at radius 3 is 2.33 bits per heavy atom. The third-order valence-corrected chi connectivity index (χ3v) is 4.63. The Balaban J connectivity index is 2.03. The molecule has 0 saturated heterocycles. The van der Waals surface area contributed by atoms with Crippen molar-refractivity contribution < 1.29 is 5.11 Å². The fraction of sp³-hybridized carbons (Fsp3) is 0.500. The van der Waals surface area contributed by atoms with Gasteiger partial charge in [-0.15, -0.1) is 0 Å². The Morgan fingerprint density at radius 1 is 1.20 bits per heavy atom. The first-order valence-electron chi connectivity index (χ1n) is 5.35. The van der Waals surface area contributed by atoms with Crippen molar-refractivity contribution >= 4 is 15.9 Å². The summed E-state index contributed by atoms with van der Waals surface area (Å²) < 4.78 is 0.774. The summed E-state index contributed by atoms with van der Waals surface area (Å²) in [6, 6.07) is 5.79. The number of phenolic OH excluding ortho intramolecular Hbond substituents is 1. The first-order valence-corrected chi connectivity index (χ1v) is 6.15. The molecule has 0 bridgehead atoms. The Kier molecular flexibility index (Phi) is 1.79. The molecule has 3 heteroatoms. The predicted octanol–water partition coefficient (Wildman–Crippen LogP) is 2.68. The lowest BCUT2D eigenvalue weighted by Gasteiger charge is -2.23. The van der Waals surface area contributed by atoms with Gasteiger partial charge in [0.05, 0.1) is 4.47 Å². The van der Waals surface area contributed by atoms with Crippen LogP contribution in [0.3, 0.4) is 0 Å². The van der Waals surface area contributed by atoms with Crippen LogP contribution in [0.1, 0.15) is 31.2 Å². The van der Waals surface area contributed by atoms with Crippen molar-refractivity contribution in [2.75, 3.05) is 0 Å². The van der Waals surface area contributed by atoms with Crippen LogP contribution in [-0.4, -0.2) is 10.6 Å². The minimum absolute atomic E-state index is 0.0451. The van der Waals surface area contributed by atoms with Crippen LogP contribution in [-0.2, 0) is 5.41 Å². The van der Waals surface area contributed by atoms with Gasteiger partial charge in [0.15, 0.2) is 0 Å². The number of halogens is 1. The van der Waals surface area contributed by atoms with E-state index >= 15 is 0 Å². The molecule has 3 N–H and O–H groups in total. The van der Waals surface area contributed by atoms with Crippen LogP contribution in [0.25, 0.3) is 0 Å². The van der Waals surface area contributed by atoms with E-state index in [1.807, 2.05) is 12.1 Å². The molecule has 0 heterocycles. The minimum atomic E-state index is 0.0451. The first kappa shape index (κ1) is 9.67. The Morgan fingerprint density at radius 2 is 1.87 bits per heavy atom. The fourth-order valence-electron chi connectivity index (χ4n) is 2.62. The molecule has 0 spiro atoms. The maximum Gasteiger partial charge on any atom is 0.129 e. The van der Waals surface area contributed by atoms with Gasteiger partial charge in [0.2, 0.25) is 0 Å². The van der Waals surface area contributed by atoms with E-state index in [1.165, 1.54) is 18.4 Å². The molecule has 0 radical (unpaired) electrons. The summed E-state index contributed by atoms with van der Waals surface area (Å²) in [6.07, 6.45) is 4.68. The summed E-state index contributed by atoms with van der Waals surface area (Å²) in [5.74, 6) is 0.302. The minimum Gasteiger partial charge on any atom is -0.507 e. The maximum absolute atomic E-state index is 9.47. The van der Waals surface area contributed by atoms with Crippen molar-refractivity contribution in [1.29, 1.82) is 0 Å². The molecule has 0 amide bonds. The molecule has 2 saturated carbocycles. The van der Waals surface area contributed by atoms with Gasteiger partial charge in [0, 0.05) is 11.0 Å². The molecule has 2 fully saturated rings. The molecule has 2 aliphatic carbocycles. The monoisotopic (exact) mass is 267 g/mol. The molecule has 0 aliphatic heterocycles. The molecule has 2 aliphatic rings. The summed E-state index contributed by atoms with van der Waals surface area (Å²) in [5, 5.41) is 9.47. The van der Waals surface area contributed by atoms with Gasteiger partial charge in [0.1, 0.15) is 5.75 Å². The Bertz CT molecular complexity index is 422. The largest absolute Gasteiger partial charge is 0.507 e. The van der Waals surface area contributed by atoms with Crippen LogP contribution < -0.4 is 5.73 Å². The quantitative estimate of drug-likeness (QED) is 0.866. The van der Waals surface area contributed by atoms with Crippen molar-refractivity contribution in [3.8, 4) is 5.75 Å². The molecule has 2 nitrogen and oxygen atoms in total. The van der Waals surface area contributed by atoms with Crippen molar-refractivity contribution in [2.24, 2.45) is 5.73 Å². The van der Waals surface area contributed by atoms with Gasteiger partial charge in [-0.2, -0.15) is 0 Å². The predicted molar refractivity (Wildman–Crippen MR) is 62.9 cm³/mol. The Labute approximate surface area is 97.6 Å². The number of hydrogen-bond donors (Lipinski definition) is 2. The van der Waals surface area contributed by atoms with Gasteiger partial charge in [-0.05, 0) is 59.3 Å². The zero-order valence-electron chi connectivity index (χ0n) is 8.46. The third-order valence-electron chi connectivity index (χ3n) is 3.99. The lowest BCUT2D eigenvalue weighted by atomic mass is 9.86. The molecule has 0 aromatic heterocycles. The highest BCUT2D eigenvalue weighted by atomic mass is 79.9. The van der Waals surface area contributed by atoms with Crippen molar-refractivity contribution in [2.45, 2.75) is 36.6 Å². The van der Waals surface area contributed by atoms with E-state index in [2.05, 4.69) is 15.9 Å². The van der Waals surface area contributed by atoms with Crippen LogP contribution in [0.2, 0.25) is 0 Å². The average Bonchev–Trinajstić information content (AvgIpc) is 3.05. The first-order chi connectivity index (χ1) is 7.07. The molecule has 0 unspecified atom stereocenters. The van der Waals surface area contributed by atoms with Gasteiger partial charge in [-0.3, -0.25) is 0 Å². The van der Waals surface area contributed by atoms with E-state index in [-0.39, 0.29) is 11.0 Å². The maximum atomic E-state index is 9.47. The molecule has 0 atom stereocenters. The third kappa shape index (κ3) is 1.26. The lowest BCUT2D eigenvalue weighted by Crippen LogP contribution is -2.37. The normalized spacial score (nSPS) is 24.9. The van der Waals surface area contributed by atoms with Crippen LogP contribution in [0, 0.1) is 0 Å². The zero-order valence-corrected chi connectivity index (χ0v) is 10.0. The highest BCUT2D eigenvalue weighted by Gasteiger charge is 2.64. The highest BCUT2D eigenvalue weighted by Crippen LogP contribution is 2.63. The molecule has 1 aromatic rings. The second kappa shape index (κ2) is 2.77. The summed E-state index contributed by atoms with van der Waals surface area (Å²) in [5.41, 5.74) is 7.87. The SMILES string of the molecule is NC1(C2(c3ccc(O)c(Br)c3)CC2)CC1. The van der Waals surface area contributed by atoms with Crippen molar-refractivity contribution in [3.63, 3.8) is 0 Å². The summed E-state index contributed by atoms with van der Waals surface area (Å²) >= 11 is 3.36. The standard InChI is InChI=1S/C12H14BrNO/c13-9-7-8(1-2-10(9)15)11(3-4-11)12(14)5-6-12/h1-2,7,15H,3-6,14H2. The van der Waals surface area contributed by atoms with Gasteiger partial charge in [0.25, 0.3) is 0 Å². The summed E-state index contributed by atoms with van der Waals surface area (Å²) in [4.78, 5) is 0. The number of hydrogen-bond acceptors (Lipinski definition) is 2. The summed E-state index contributed by atoms with van der Waals surface area (Å²) in [7, 11) is 0. The number of aromatic hydroxyl groups is 1. The highest BCUT2D eigenvalue weighted by molar-refractivity contribution is 9.10. The van der Waals surface area contributed by atoms with Crippen LogP contribution in [0.5, 0.6) is 5.75 Å². The van der Waals surface area contributed by atoms with E-state index in [0.29, 0.717) is 5.75 Å². The molecule has 80 valence electrons. The topological polar surface area (TPSA) is 46.2 Å². The number of rotatable bonds is 2. The molecular formula is C12H14BrNO. The van der Waals surface area contributed by atoms with Crippen molar-refractivity contribution in [1.82, 2.24) is 0 Å². The number of benzene rings is 1. The Hall–Kier alpha value is -0.540. The van der Waals surface area contributed by atoms with E-state index in [0.717, 1.165) is 17.3 Å². The van der Waals surface area contributed by atoms with Crippen molar-refractivity contribution in [3.05, 3.63) is 28.2 Å². The van der Waals surface area contributed by atoms with E-state index in [4.69, 9.17) is 5.73 Å². The fourth-order valence-corrected chi connectivity index (χ4v) is 3.00. The zero-order chi connectivity index (χ0) is 10.7. The van der Waals surface area contributed by atoms with Gasteiger partial charge in [-0.1, -0.05) is 6.07 Å². The molecule has 3 rings (SSSR count). The number of phenols is 1.